The highest BCUT2D eigenvalue weighted by molar-refractivity contribution is 5.83. The van der Waals surface area contributed by atoms with Crippen LogP contribution in [0.4, 0.5) is 5.82 Å². The van der Waals surface area contributed by atoms with Crippen molar-refractivity contribution in [3.63, 3.8) is 0 Å². The molecule has 0 saturated carbocycles. The molecule has 2 aromatic rings. The molecule has 1 aromatic carbocycles. The molecule has 1 aliphatic heterocycles. The van der Waals surface area contributed by atoms with Crippen molar-refractivity contribution in [3.8, 4) is 0 Å². The van der Waals surface area contributed by atoms with Gasteiger partial charge in [-0.15, -0.1) is 0 Å². The van der Waals surface area contributed by atoms with Crippen LogP contribution in [0.2, 0.25) is 0 Å². The van der Waals surface area contributed by atoms with E-state index in [2.05, 4.69) is 15.2 Å². The fourth-order valence-corrected chi connectivity index (χ4v) is 3.26. The molecule has 132 valence electrons. The SMILES string of the molecule is CN(C)c1cc(CNC(=O)[C@H](c2ccccc2)N2CCCC2)ccn1. The Morgan fingerprint density at radius 3 is 2.60 bits per heavy atom. The summed E-state index contributed by atoms with van der Waals surface area (Å²) in [7, 11) is 3.92. The predicted octanol–water partition coefficient (Wildman–Crippen LogP) is 2.60. The van der Waals surface area contributed by atoms with E-state index >= 15 is 0 Å². The topological polar surface area (TPSA) is 48.5 Å². The lowest BCUT2D eigenvalue weighted by atomic mass is 10.0. The van der Waals surface area contributed by atoms with E-state index in [1.807, 2.05) is 61.5 Å². The van der Waals surface area contributed by atoms with E-state index in [0.717, 1.165) is 42.9 Å². The van der Waals surface area contributed by atoms with Crippen LogP contribution < -0.4 is 10.2 Å². The van der Waals surface area contributed by atoms with Crippen LogP contribution in [-0.2, 0) is 11.3 Å². The minimum absolute atomic E-state index is 0.0660. The van der Waals surface area contributed by atoms with Crippen molar-refractivity contribution >= 4 is 11.7 Å². The summed E-state index contributed by atoms with van der Waals surface area (Å²) in [5.41, 5.74) is 2.12. The Bertz CT molecular complexity index is 696. The van der Waals surface area contributed by atoms with Gasteiger partial charge in [-0.2, -0.15) is 0 Å². The first kappa shape index (κ1) is 17.4. The van der Waals surface area contributed by atoms with Gasteiger partial charge in [0.25, 0.3) is 0 Å². The fourth-order valence-electron chi connectivity index (χ4n) is 3.26. The minimum atomic E-state index is -0.209. The summed E-state index contributed by atoms with van der Waals surface area (Å²) in [6, 6.07) is 13.8. The molecular weight excluding hydrogens is 312 g/mol. The van der Waals surface area contributed by atoms with E-state index in [4.69, 9.17) is 0 Å². The van der Waals surface area contributed by atoms with Crippen molar-refractivity contribution in [3.05, 3.63) is 59.8 Å². The smallest absolute Gasteiger partial charge is 0.242 e. The number of amides is 1. The largest absolute Gasteiger partial charge is 0.363 e. The number of benzene rings is 1. The molecule has 25 heavy (non-hydrogen) atoms. The maximum atomic E-state index is 12.9. The fraction of sp³-hybridized carbons (Fsp3) is 0.400. The Labute approximate surface area is 149 Å². The highest BCUT2D eigenvalue weighted by Crippen LogP contribution is 2.25. The van der Waals surface area contributed by atoms with Crippen LogP contribution in [-0.4, -0.2) is 43.0 Å². The Kier molecular flexibility index (Phi) is 5.66. The van der Waals surface area contributed by atoms with Gasteiger partial charge in [-0.1, -0.05) is 30.3 Å². The molecule has 1 amide bonds. The summed E-state index contributed by atoms with van der Waals surface area (Å²) in [5, 5.41) is 3.11. The van der Waals surface area contributed by atoms with Crippen LogP contribution in [0.15, 0.2) is 48.7 Å². The summed E-state index contributed by atoms with van der Waals surface area (Å²) in [4.78, 5) is 21.5. The zero-order chi connectivity index (χ0) is 17.6. The van der Waals surface area contributed by atoms with Crippen molar-refractivity contribution < 1.29 is 4.79 Å². The van der Waals surface area contributed by atoms with Gasteiger partial charge in [-0.25, -0.2) is 4.98 Å². The van der Waals surface area contributed by atoms with E-state index in [-0.39, 0.29) is 11.9 Å². The molecule has 0 spiro atoms. The number of likely N-dealkylation sites (tertiary alicyclic amines) is 1. The Balaban J connectivity index is 1.71. The number of anilines is 1. The second-order valence-corrected chi connectivity index (χ2v) is 6.69. The number of rotatable bonds is 6. The maximum Gasteiger partial charge on any atom is 0.242 e. The highest BCUT2D eigenvalue weighted by Gasteiger charge is 2.29. The summed E-state index contributed by atoms with van der Waals surface area (Å²) in [5.74, 6) is 0.960. The standard InChI is InChI=1S/C20H26N4O/c1-23(2)18-14-16(10-11-21-18)15-22-20(25)19(24-12-6-7-13-24)17-8-4-3-5-9-17/h3-5,8-11,14,19H,6-7,12-13,15H2,1-2H3,(H,22,25)/t19-/m0/s1. The third kappa shape index (κ3) is 4.37. The van der Waals surface area contributed by atoms with Crippen molar-refractivity contribution in [2.45, 2.75) is 25.4 Å². The van der Waals surface area contributed by atoms with Gasteiger partial charge >= 0.3 is 0 Å². The lowest BCUT2D eigenvalue weighted by Gasteiger charge is -2.27. The molecule has 0 unspecified atom stereocenters. The monoisotopic (exact) mass is 338 g/mol. The van der Waals surface area contributed by atoms with Crippen molar-refractivity contribution in [1.29, 1.82) is 0 Å². The van der Waals surface area contributed by atoms with Crippen molar-refractivity contribution in [2.75, 3.05) is 32.1 Å². The average Bonchev–Trinajstić information content (AvgIpc) is 3.15. The van der Waals surface area contributed by atoms with Gasteiger partial charge in [0.2, 0.25) is 5.91 Å². The van der Waals surface area contributed by atoms with Crippen molar-refractivity contribution in [2.24, 2.45) is 0 Å². The first-order chi connectivity index (χ1) is 12.1. The van der Waals surface area contributed by atoms with E-state index < -0.39 is 0 Å². The molecule has 5 nitrogen and oxygen atoms in total. The maximum absolute atomic E-state index is 12.9. The predicted molar refractivity (Wildman–Crippen MR) is 100 cm³/mol. The van der Waals surface area contributed by atoms with E-state index in [0.29, 0.717) is 6.54 Å². The molecule has 0 aliphatic carbocycles. The summed E-state index contributed by atoms with van der Waals surface area (Å²) in [6.45, 7) is 2.47. The van der Waals surface area contributed by atoms with Crippen LogP contribution in [0.5, 0.6) is 0 Å². The Hall–Kier alpha value is -2.40. The van der Waals surface area contributed by atoms with Crippen LogP contribution >= 0.6 is 0 Å². The quantitative estimate of drug-likeness (QED) is 0.879. The number of hydrogen-bond acceptors (Lipinski definition) is 4. The van der Waals surface area contributed by atoms with Crippen molar-refractivity contribution in [1.82, 2.24) is 15.2 Å². The second kappa shape index (κ2) is 8.12. The van der Waals surface area contributed by atoms with Gasteiger partial charge in [-0.05, 0) is 49.2 Å². The lowest BCUT2D eigenvalue weighted by molar-refractivity contribution is -0.126. The average molecular weight is 338 g/mol. The zero-order valence-electron chi connectivity index (χ0n) is 15.0. The molecule has 1 saturated heterocycles. The van der Waals surface area contributed by atoms with Crippen LogP contribution in [0, 0.1) is 0 Å². The van der Waals surface area contributed by atoms with Gasteiger partial charge in [0.05, 0.1) is 0 Å². The molecule has 5 heteroatoms. The summed E-state index contributed by atoms with van der Waals surface area (Å²) in [6.07, 6.45) is 4.10. The van der Waals surface area contributed by atoms with Gasteiger partial charge in [0.1, 0.15) is 11.9 Å². The number of hydrogen-bond donors (Lipinski definition) is 1. The molecule has 0 radical (unpaired) electrons. The normalized spacial score (nSPS) is 15.8. The number of carbonyl (C=O) groups excluding carboxylic acids is 1. The highest BCUT2D eigenvalue weighted by atomic mass is 16.2. The van der Waals surface area contributed by atoms with Gasteiger partial charge < -0.3 is 10.2 Å². The first-order valence-electron chi connectivity index (χ1n) is 8.84. The van der Waals surface area contributed by atoms with Crippen LogP contribution in [0.3, 0.4) is 0 Å². The van der Waals surface area contributed by atoms with Crippen LogP contribution in [0.1, 0.15) is 30.0 Å². The van der Waals surface area contributed by atoms with E-state index in [1.165, 1.54) is 0 Å². The molecule has 1 aromatic heterocycles. The van der Waals surface area contributed by atoms with Crippen LogP contribution in [0.25, 0.3) is 0 Å². The minimum Gasteiger partial charge on any atom is -0.363 e. The summed E-state index contributed by atoms with van der Waals surface area (Å²) < 4.78 is 0. The van der Waals surface area contributed by atoms with Gasteiger partial charge in [-0.3, -0.25) is 9.69 Å². The molecule has 1 atom stereocenters. The molecule has 1 aliphatic rings. The lowest BCUT2D eigenvalue weighted by Crippen LogP contribution is -2.39. The third-order valence-corrected chi connectivity index (χ3v) is 4.60. The number of nitrogens with one attached hydrogen (secondary N) is 1. The van der Waals surface area contributed by atoms with E-state index in [1.54, 1.807) is 6.20 Å². The molecule has 2 heterocycles. The Morgan fingerprint density at radius 1 is 1.20 bits per heavy atom. The number of nitrogens with zero attached hydrogens (tertiary/aromatic N) is 3. The number of aromatic nitrogens is 1. The number of pyridine rings is 1. The third-order valence-electron chi connectivity index (χ3n) is 4.60. The number of carbonyl (C=O) groups is 1. The molecular formula is C20H26N4O. The molecule has 1 fully saturated rings. The zero-order valence-corrected chi connectivity index (χ0v) is 15.0. The van der Waals surface area contributed by atoms with Gasteiger partial charge in [0, 0.05) is 26.8 Å². The summed E-state index contributed by atoms with van der Waals surface area (Å²) >= 11 is 0. The Morgan fingerprint density at radius 2 is 1.92 bits per heavy atom. The molecule has 3 rings (SSSR count). The van der Waals surface area contributed by atoms with E-state index in [9.17, 15) is 4.79 Å². The second-order valence-electron chi connectivity index (χ2n) is 6.69. The van der Waals surface area contributed by atoms with Gasteiger partial charge in [0.15, 0.2) is 0 Å². The molecule has 0 bridgehead atoms. The molecule has 1 N–H and O–H groups in total. The first-order valence-corrected chi connectivity index (χ1v) is 8.84.